The molecule has 0 aliphatic carbocycles. The molecule has 0 heterocycles. The molecule has 0 bridgehead atoms. The Kier molecular flexibility index (Phi) is 7.22. The molecule has 2 N–H and O–H groups in total. The summed E-state index contributed by atoms with van der Waals surface area (Å²) < 4.78 is 0. The van der Waals surface area contributed by atoms with E-state index in [1.807, 2.05) is 13.8 Å². The average molecular weight is 403 g/mol. The van der Waals surface area contributed by atoms with Crippen LogP contribution in [0.15, 0.2) is 47.6 Å². The highest BCUT2D eigenvalue weighted by Crippen LogP contribution is 2.24. The quantitative estimate of drug-likeness (QED) is 0.414. The number of amides is 2. The van der Waals surface area contributed by atoms with Gasteiger partial charge < -0.3 is 5.32 Å². The van der Waals surface area contributed by atoms with Crippen LogP contribution in [0.5, 0.6) is 0 Å². The monoisotopic (exact) mass is 402 g/mol. The van der Waals surface area contributed by atoms with Gasteiger partial charge in [0.1, 0.15) is 5.02 Å². The maximum absolute atomic E-state index is 12.1. The van der Waals surface area contributed by atoms with E-state index in [0.717, 1.165) is 0 Å². The molecule has 0 fully saturated rings. The summed E-state index contributed by atoms with van der Waals surface area (Å²) >= 11 is 5.74. The van der Waals surface area contributed by atoms with Gasteiger partial charge in [0, 0.05) is 29.3 Å². The van der Waals surface area contributed by atoms with Crippen molar-refractivity contribution in [2.45, 2.75) is 20.3 Å². The fourth-order valence-electron chi connectivity index (χ4n) is 2.27. The van der Waals surface area contributed by atoms with Crippen molar-refractivity contribution in [1.29, 1.82) is 0 Å². The Labute approximate surface area is 166 Å². The maximum atomic E-state index is 12.1. The minimum Gasteiger partial charge on any atom is -0.326 e. The Hall–Kier alpha value is -3.26. The van der Waals surface area contributed by atoms with Gasteiger partial charge in [-0.05, 0) is 36.2 Å². The second kappa shape index (κ2) is 9.61. The minimum atomic E-state index is -0.597. The number of hydrogen-bond acceptors (Lipinski definition) is 5. The fourth-order valence-corrected chi connectivity index (χ4v) is 2.45. The van der Waals surface area contributed by atoms with E-state index in [-0.39, 0.29) is 22.5 Å². The first-order valence-corrected chi connectivity index (χ1v) is 8.81. The van der Waals surface area contributed by atoms with Crippen LogP contribution < -0.4 is 10.7 Å². The summed E-state index contributed by atoms with van der Waals surface area (Å²) in [5.74, 6) is -0.293. The zero-order valence-corrected chi connectivity index (χ0v) is 16.1. The van der Waals surface area contributed by atoms with Crippen molar-refractivity contribution in [3.63, 3.8) is 0 Å². The summed E-state index contributed by atoms with van der Waals surface area (Å²) in [6.45, 7) is 3.91. The number of nitro groups is 1. The highest BCUT2D eigenvalue weighted by atomic mass is 35.5. The van der Waals surface area contributed by atoms with Crippen molar-refractivity contribution in [3.8, 4) is 0 Å². The number of carbonyl (C=O) groups excluding carboxylic acids is 2. The number of halogens is 1. The Morgan fingerprint density at radius 2 is 1.89 bits per heavy atom. The van der Waals surface area contributed by atoms with Crippen molar-refractivity contribution >= 4 is 41.0 Å². The molecule has 0 saturated carbocycles. The first-order chi connectivity index (χ1) is 13.3. The van der Waals surface area contributed by atoms with Crippen LogP contribution in [0.4, 0.5) is 11.4 Å². The zero-order valence-electron chi connectivity index (χ0n) is 15.3. The van der Waals surface area contributed by atoms with Gasteiger partial charge in [0.15, 0.2) is 0 Å². The molecule has 9 heteroatoms. The van der Waals surface area contributed by atoms with Gasteiger partial charge in [0.25, 0.3) is 11.6 Å². The van der Waals surface area contributed by atoms with Gasteiger partial charge in [0.2, 0.25) is 5.91 Å². The first-order valence-electron chi connectivity index (χ1n) is 8.43. The van der Waals surface area contributed by atoms with Gasteiger partial charge in [-0.25, -0.2) is 5.43 Å². The third kappa shape index (κ3) is 6.17. The first kappa shape index (κ1) is 21.0. The number of hydrogen-bond donors (Lipinski definition) is 2. The molecule has 8 nitrogen and oxygen atoms in total. The molecule has 28 heavy (non-hydrogen) atoms. The predicted molar refractivity (Wildman–Crippen MR) is 108 cm³/mol. The van der Waals surface area contributed by atoms with Crippen molar-refractivity contribution in [2.75, 3.05) is 5.32 Å². The van der Waals surface area contributed by atoms with Crippen LogP contribution in [-0.4, -0.2) is 23.0 Å². The van der Waals surface area contributed by atoms with E-state index in [1.165, 1.54) is 18.3 Å². The van der Waals surface area contributed by atoms with Crippen molar-refractivity contribution < 1.29 is 14.5 Å². The lowest BCUT2D eigenvalue weighted by Crippen LogP contribution is -2.18. The number of carbonyl (C=O) groups is 2. The van der Waals surface area contributed by atoms with E-state index >= 15 is 0 Å². The predicted octanol–water partition coefficient (Wildman–Crippen LogP) is 4.00. The molecule has 0 saturated heterocycles. The standard InChI is InChI=1S/C19H19ClN4O4/c1-12(2)9-18(25)22-15-6-4-14(5-7-15)19(26)23-21-11-13-3-8-16(20)17(10-13)24(27)28/h3-8,10-12H,9H2,1-2H3,(H,22,25)(H,23,26)/b21-11+. The van der Waals surface area contributed by atoms with E-state index in [1.54, 1.807) is 30.3 Å². The lowest BCUT2D eigenvalue weighted by molar-refractivity contribution is -0.384. The van der Waals surface area contributed by atoms with Crippen molar-refractivity contribution in [1.82, 2.24) is 5.43 Å². The van der Waals surface area contributed by atoms with Crippen LogP contribution in [0.2, 0.25) is 5.02 Å². The Bertz CT molecular complexity index is 911. The molecule has 0 aliphatic rings. The summed E-state index contributed by atoms with van der Waals surface area (Å²) in [4.78, 5) is 34.1. The van der Waals surface area contributed by atoms with Crippen LogP contribution in [0.1, 0.15) is 36.2 Å². The van der Waals surface area contributed by atoms with Crippen LogP contribution in [-0.2, 0) is 4.79 Å². The molecule has 0 spiro atoms. The van der Waals surface area contributed by atoms with E-state index in [0.29, 0.717) is 23.2 Å². The second-order valence-corrected chi connectivity index (χ2v) is 6.80. The van der Waals surface area contributed by atoms with Crippen molar-refractivity contribution in [3.05, 3.63) is 68.7 Å². The molecule has 2 aromatic carbocycles. The number of nitro benzene ring substituents is 1. The molecule has 0 unspecified atom stereocenters. The largest absolute Gasteiger partial charge is 0.326 e. The smallest absolute Gasteiger partial charge is 0.288 e. The summed E-state index contributed by atoms with van der Waals surface area (Å²) in [5, 5.41) is 17.4. The molecular weight excluding hydrogens is 384 g/mol. The summed E-state index contributed by atoms with van der Waals surface area (Å²) in [5.41, 5.74) is 3.45. The molecular formula is C19H19ClN4O4. The van der Waals surface area contributed by atoms with Crippen LogP contribution >= 0.6 is 11.6 Å². The molecule has 0 radical (unpaired) electrons. The number of anilines is 1. The Balaban J connectivity index is 1.96. The summed E-state index contributed by atoms with van der Waals surface area (Å²) in [6.07, 6.45) is 1.70. The number of nitrogens with zero attached hydrogens (tertiary/aromatic N) is 2. The Morgan fingerprint density at radius 3 is 2.50 bits per heavy atom. The van der Waals surface area contributed by atoms with E-state index in [2.05, 4.69) is 15.8 Å². The van der Waals surface area contributed by atoms with Gasteiger partial charge in [-0.1, -0.05) is 31.5 Å². The fraction of sp³-hybridized carbons (Fsp3) is 0.211. The number of rotatable bonds is 7. The summed E-state index contributed by atoms with van der Waals surface area (Å²) in [7, 11) is 0. The van der Waals surface area contributed by atoms with E-state index < -0.39 is 10.8 Å². The molecule has 0 atom stereocenters. The van der Waals surface area contributed by atoms with Gasteiger partial charge >= 0.3 is 0 Å². The van der Waals surface area contributed by atoms with Crippen LogP contribution in [0.3, 0.4) is 0 Å². The lowest BCUT2D eigenvalue weighted by atomic mass is 10.1. The topological polar surface area (TPSA) is 114 Å². The second-order valence-electron chi connectivity index (χ2n) is 6.39. The average Bonchev–Trinajstić information content (AvgIpc) is 2.62. The number of benzene rings is 2. The number of hydrazone groups is 1. The zero-order chi connectivity index (χ0) is 20.7. The van der Waals surface area contributed by atoms with Gasteiger partial charge in [-0.2, -0.15) is 5.10 Å². The summed E-state index contributed by atoms with van der Waals surface area (Å²) in [6, 6.07) is 10.5. The SMILES string of the molecule is CC(C)CC(=O)Nc1ccc(C(=O)N/N=C/c2ccc(Cl)c([N+](=O)[O-])c2)cc1. The normalized spacial score (nSPS) is 10.9. The molecule has 146 valence electrons. The highest BCUT2D eigenvalue weighted by molar-refractivity contribution is 6.32. The molecule has 2 amide bonds. The van der Waals surface area contributed by atoms with Gasteiger partial charge in [-0.15, -0.1) is 0 Å². The van der Waals surface area contributed by atoms with Gasteiger partial charge in [-0.3, -0.25) is 19.7 Å². The third-order valence-corrected chi connectivity index (χ3v) is 3.89. The molecule has 0 aromatic heterocycles. The van der Waals surface area contributed by atoms with Crippen molar-refractivity contribution in [2.24, 2.45) is 11.0 Å². The molecule has 2 rings (SSSR count). The molecule has 0 aliphatic heterocycles. The lowest BCUT2D eigenvalue weighted by Gasteiger charge is -2.07. The van der Waals surface area contributed by atoms with Crippen LogP contribution in [0.25, 0.3) is 0 Å². The van der Waals surface area contributed by atoms with Crippen LogP contribution in [0, 0.1) is 16.0 Å². The Morgan fingerprint density at radius 1 is 1.21 bits per heavy atom. The molecule has 2 aromatic rings. The van der Waals surface area contributed by atoms with Gasteiger partial charge in [0.05, 0.1) is 11.1 Å². The maximum Gasteiger partial charge on any atom is 0.288 e. The highest BCUT2D eigenvalue weighted by Gasteiger charge is 2.12. The number of nitrogens with one attached hydrogen (secondary N) is 2. The van der Waals surface area contributed by atoms with E-state index in [9.17, 15) is 19.7 Å². The van der Waals surface area contributed by atoms with E-state index in [4.69, 9.17) is 11.6 Å². The third-order valence-electron chi connectivity index (χ3n) is 3.57. The minimum absolute atomic E-state index is 0.0201.